The van der Waals surface area contributed by atoms with Crippen molar-refractivity contribution >= 4 is 16.8 Å². The molecular formula is C26H33N3O. The van der Waals surface area contributed by atoms with Gasteiger partial charge in [-0.2, -0.15) is 0 Å². The Morgan fingerprint density at radius 2 is 2.00 bits per heavy atom. The number of piperidine rings is 3. The van der Waals surface area contributed by atoms with E-state index in [1.165, 1.54) is 31.2 Å². The summed E-state index contributed by atoms with van der Waals surface area (Å²) in [5.41, 5.74) is 2.23. The monoisotopic (exact) mass is 403 g/mol. The molecule has 0 radical (unpaired) electrons. The van der Waals surface area contributed by atoms with Crippen LogP contribution in [0, 0.1) is 17.8 Å². The van der Waals surface area contributed by atoms with Gasteiger partial charge < -0.3 is 5.32 Å². The highest BCUT2D eigenvalue weighted by atomic mass is 16.2. The predicted molar refractivity (Wildman–Crippen MR) is 121 cm³/mol. The van der Waals surface area contributed by atoms with Crippen LogP contribution in [0.2, 0.25) is 0 Å². The molecule has 1 amide bonds. The summed E-state index contributed by atoms with van der Waals surface area (Å²) < 4.78 is 0. The number of benzene rings is 1. The minimum absolute atomic E-state index is 0.0147. The van der Waals surface area contributed by atoms with Crippen LogP contribution in [-0.4, -0.2) is 34.9 Å². The molecule has 4 aliphatic rings. The highest BCUT2D eigenvalue weighted by Crippen LogP contribution is 2.42. The maximum Gasteiger partial charge on any atom is 0.223 e. The van der Waals surface area contributed by atoms with Gasteiger partial charge in [-0.1, -0.05) is 43.5 Å². The zero-order valence-electron chi connectivity index (χ0n) is 17.8. The van der Waals surface area contributed by atoms with Crippen molar-refractivity contribution in [3.8, 4) is 0 Å². The van der Waals surface area contributed by atoms with Crippen molar-refractivity contribution in [1.82, 2.24) is 15.2 Å². The molecule has 4 heterocycles. The third-order valence-electron chi connectivity index (χ3n) is 7.83. The van der Waals surface area contributed by atoms with Gasteiger partial charge >= 0.3 is 0 Å². The fourth-order valence-electron chi connectivity index (χ4n) is 6.13. The first-order valence-electron chi connectivity index (χ1n) is 11.7. The second-order valence-electron chi connectivity index (χ2n) is 9.48. The van der Waals surface area contributed by atoms with E-state index in [2.05, 4.69) is 52.1 Å². The second kappa shape index (κ2) is 8.50. The minimum atomic E-state index is 0.0147. The Hall–Kier alpha value is -2.20. The molecule has 6 rings (SSSR count). The summed E-state index contributed by atoms with van der Waals surface area (Å²) in [5.74, 6) is 1.69. The Morgan fingerprint density at radius 3 is 2.77 bits per heavy atom. The molecule has 1 aromatic heterocycles. The van der Waals surface area contributed by atoms with Gasteiger partial charge in [-0.3, -0.25) is 14.7 Å². The normalized spacial score (nSPS) is 30.1. The molecule has 3 saturated heterocycles. The Morgan fingerprint density at radius 1 is 1.17 bits per heavy atom. The maximum absolute atomic E-state index is 13.3. The maximum atomic E-state index is 13.3. The Bertz CT molecular complexity index is 914. The first-order valence-corrected chi connectivity index (χ1v) is 11.7. The zero-order valence-corrected chi connectivity index (χ0v) is 17.8. The molecule has 1 aromatic carbocycles. The van der Waals surface area contributed by atoms with E-state index in [0.717, 1.165) is 43.3 Å². The number of para-hydroxylation sites is 1. The van der Waals surface area contributed by atoms with E-state index in [-0.39, 0.29) is 17.9 Å². The van der Waals surface area contributed by atoms with Gasteiger partial charge in [0.15, 0.2) is 0 Å². The third kappa shape index (κ3) is 3.66. The van der Waals surface area contributed by atoms with Crippen LogP contribution in [0.25, 0.3) is 10.9 Å². The molecule has 0 spiro atoms. The molecule has 1 unspecified atom stereocenters. The van der Waals surface area contributed by atoms with Gasteiger partial charge in [0.2, 0.25) is 5.91 Å². The van der Waals surface area contributed by atoms with Gasteiger partial charge in [0, 0.05) is 30.1 Å². The summed E-state index contributed by atoms with van der Waals surface area (Å²) in [4.78, 5) is 20.5. The minimum Gasteiger partial charge on any atom is -0.347 e. The first-order chi connectivity index (χ1) is 14.7. The van der Waals surface area contributed by atoms with Crippen molar-refractivity contribution < 1.29 is 4.79 Å². The molecule has 30 heavy (non-hydrogen) atoms. The topological polar surface area (TPSA) is 45.2 Å². The van der Waals surface area contributed by atoms with Gasteiger partial charge in [0.05, 0.1) is 11.6 Å². The number of fused-ring (bicyclic) bond motifs is 4. The van der Waals surface area contributed by atoms with Crippen molar-refractivity contribution in [2.24, 2.45) is 17.8 Å². The summed E-state index contributed by atoms with van der Waals surface area (Å²) in [7, 11) is 0. The van der Waals surface area contributed by atoms with Gasteiger partial charge in [0.25, 0.3) is 0 Å². The summed E-state index contributed by atoms with van der Waals surface area (Å²) in [6, 6.07) is 10.8. The number of nitrogens with one attached hydrogen (secondary N) is 1. The van der Waals surface area contributed by atoms with Crippen LogP contribution in [0.5, 0.6) is 0 Å². The molecule has 2 aromatic rings. The number of hydrogen-bond acceptors (Lipinski definition) is 3. The van der Waals surface area contributed by atoms with Crippen molar-refractivity contribution in [1.29, 1.82) is 0 Å². The summed E-state index contributed by atoms with van der Waals surface area (Å²) in [6.07, 6.45) is 12.1. The lowest BCUT2D eigenvalue weighted by molar-refractivity contribution is -0.127. The van der Waals surface area contributed by atoms with E-state index in [9.17, 15) is 4.79 Å². The number of carbonyl (C=O) groups excluding carboxylic acids is 1. The van der Waals surface area contributed by atoms with Crippen LogP contribution in [0.15, 0.2) is 49.2 Å². The Kier molecular flexibility index (Phi) is 5.60. The van der Waals surface area contributed by atoms with Crippen molar-refractivity contribution in [2.45, 2.75) is 57.0 Å². The molecule has 3 aliphatic heterocycles. The van der Waals surface area contributed by atoms with Crippen LogP contribution < -0.4 is 5.32 Å². The molecule has 4 heteroatoms. The van der Waals surface area contributed by atoms with Gasteiger partial charge in [0.1, 0.15) is 0 Å². The summed E-state index contributed by atoms with van der Waals surface area (Å²) in [5, 5.41) is 4.71. The lowest BCUT2D eigenvalue weighted by Gasteiger charge is -2.52. The standard InChI is InChI=1S/C26H33N3O/c1-2-18-17-29-15-13-20(18)16-24(29)25(28-26(30)19-8-4-3-5-9-19)22-12-14-27-23-11-7-6-10-21(22)23/h2,6-7,10-12,14,18-20,24-25H,1,3-5,8-9,13,15-17H2,(H,28,30)/t18-,20-,24+,25+/m0/s1. The van der Waals surface area contributed by atoms with E-state index in [1.807, 2.05) is 12.3 Å². The van der Waals surface area contributed by atoms with Crippen LogP contribution in [0.3, 0.4) is 0 Å². The van der Waals surface area contributed by atoms with Crippen molar-refractivity contribution in [2.75, 3.05) is 13.1 Å². The second-order valence-corrected chi connectivity index (χ2v) is 9.48. The van der Waals surface area contributed by atoms with Crippen molar-refractivity contribution in [3.63, 3.8) is 0 Å². The average molecular weight is 404 g/mol. The Labute approximate surface area is 179 Å². The fourth-order valence-corrected chi connectivity index (χ4v) is 6.13. The number of aromatic nitrogens is 1. The Balaban J connectivity index is 1.49. The molecular weight excluding hydrogens is 370 g/mol. The van der Waals surface area contributed by atoms with Crippen LogP contribution in [-0.2, 0) is 4.79 Å². The number of pyridine rings is 1. The molecule has 1 N–H and O–H groups in total. The van der Waals surface area contributed by atoms with Crippen LogP contribution in [0.4, 0.5) is 0 Å². The third-order valence-corrected chi connectivity index (χ3v) is 7.83. The first kappa shape index (κ1) is 19.7. The number of amides is 1. The zero-order chi connectivity index (χ0) is 20.5. The SMILES string of the molecule is C=C[C@H]1CN2CC[C@H]1C[C@@H]2[C@H](NC(=O)C1CCCCC1)c1ccnc2ccccc12. The van der Waals surface area contributed by atoms with E-state index in [1.54, 1.807) is 0 Å². The number of rotatable bonds is 5. The van der Waals surface area contributed by atoms with Crippen LogP contribution in [0.1, 0.15) is 56.6 Å². The quantitative estimate of drug-likeness (QED) is 0.725. The van der Waals surface area contributed by atoms with Crippen LogP contribution >= 0.6 is 0 Å². The average Bonchev–Trinajstić information content (AvgIpc) is 2.83. The molecule has 4 nitrogen and oxygen atoms in total. The molecule has 158 valence electrons. The van der Waals surface area contributed by atoms with E-state index < -0.39 is 0 Å². The molecule has 1 aliphatic carbocycles. The highest BCUT2D eigenvalue weighted by molar-refractivity contribution is 5.84. The number of hydrogen-bond donors (Lipinski definition) is 1. The summed E-state index contributed by atoms with van der Waals surface area (Å²) >= 11 is 0. The number of carbonyl (C=O) groups is 1. The lowest BCUT2D eigenvalue weighted by Crippen LogP contribution is -2.57. The van der Waals surface area contributed by atoms with E-state index in [4.69, 9.17) is 0 Å². The van der Waals surface area contributed by atoms with Gasteiger partial charge in [-0.15, -0.1) is 6.58 Å². The lowest BCUT2D eigenvalue weighted by atomic mass is 9.73. The summed E-state index contributed by atoms with van der Waals surface area (Å²) in [6.45, 7) is 6.27. The largest absolute Gasteiger partial charge is 0.347 e. The highest BCUT2D eigenvalue weighted by Gasteiger charge is 2.43. The van der Waals surface area contributed by atoms with Gasteiger partial charge in [-0.05, 0) is 61.8 Å². The van der Waals surface area contributed by atoms with E-state index >= 15 is 0 Å². The fraction of sp³-hybridized carbons (Fsp3) is 0.538. The smallest absolute Gasteiger partial charge is 0.223 e. The number of nitrogens with zero attached hydrogens (tertiary/aromatic N) is 2. The van der Waals surface area contributed by atoms with E-state index in [0.29, 0.717) is 17.9 Å². The molecule has 1 saturated carbocycles. The predicted octanol–water partition coefficient (Wildman–Crippen LogP) is 4.87. The molecule has 2 bridgehead atoms. The molecule has 4 fully saturated rings. The van der Waals surface area contributed by atoms with Crippen molar-refractivity contribution in [3.05, 3.63) is 54.7 Å². The van der Waals surface area contributed by atoms with Gasteiger partial charge in [-0.25, -0.2) is 0 Å². The molecule has 5 atom stereocenters.